The minimum atomic E-state index is -4.14. The molecule has 1 aromatic rings. The van der Waals surface area contributed by atoms with Gasteiger partial charge in [-0.1, -0.05) is 0 Å². The molecule has 0 fully saturated rings. The number of alkyl halides is 3. The summed E-state index contributed by atoms with van der Waals surface area (Å²) in [6, 6.07) is 0. The van der Waals surface area contributed by atoms with Crippen molar-refractivity contribution in [2.45, 2.75) is 39.8 Å². The fraction of sp³-hybridized carbons (Fsp3) is 0.667. The molecule has 0 atom stereocenters. The largest absolute Gasteiger partial charge is 0.477 e. The van der Waals surface area contributed by atoms with Crippen molar-refractivity contribution in [2.24, 2.45) is 0 Å². The van der Waals surface area contributed by atoms with E-state index in [1.807, 2.05) is 6.92 Å². The van der Waals surface area contributed by atoms with E-state index in [9.17, 15) is 13.2 Å². The van der Waals surface area contributed by atoms with Crippen LogP contribution in [0.5, 0.6) is 5.88 Å². The summed E-state index contributed by atoms with van der Waals surface area (Å²) in [5, 5.41) is 3.06. The molecular weight excluding hydrogens is 259 g/mol. The Hall–Kier alpha value is -1.53. The molecule has 0 amide bonds. The first-order valence-electron chi connectivity index (χ1n) is 6.12. The van der Waals surface area contributed by atoms with Crippen LogP contribution >= 0.6 is 0 Å². The van der Waals surface area contributed by atoms with Gasteiger partial charge in [-0.2, -0.15) is 18.2 Å². The molecular formula is C12H18F3N3O. The molecule has 19 heavy (non-hydrogen) atoms. The molecule has 0 saturated heterocycles. The Bertz CT molecular complexity index is 421. The van der Waals surface area contributed by atoms with Crippen LogP contribution in [0.15, 0.2) is 0 Å². The first-order valence-corrected chi connectivity index (χ1v) is 6.12. The lowest BCUT2D eigenvalue weighted by atomic mass is 10.3. The molecule has 0 aliphatic rings. The summed E-state index contributed by atoms with van der Waals surface area (Å²) in [7, 11) is 0. The second-order valence-electron chi connectivity index (χ2n) is 4.15. The van der Waals surface area contributed by atoms with E-state index in [0.29, 0.717) is 29.6 Å². The highest BCUT2D eigenvalue weighted by Gasteiger charge is 2.26. The fourth-order valence-corrected chi connectivity index (χ4v) is 1.52. The molecule has 1 rings (SSSR count). The van der Waals surface area contributed by atoms with E-state index in [-0.39, 0.29) is 13.0 Å². The Balaban J connectivity index is 2.63. The average Bonchev–Trinajstić information content (AvgIpc) is 2.29. The molecule has 7 heteroatoms. The van der Waals surface area contributed by atoms with Gasteiger partial charge in [0.25, 0.3) is 0 Å². The Kier molecular flexibility index (Phi) is 5.38. The number of nitrogens with zero attached hydrogens (tertiary/aromatic N) is 2. The maximum atomic E-state index is 12.0. The zero-order valence-electron chi connectivity index (χ0n) is 11.3. The van der Waals surface area contributed by atoms with E-state index >= 15 is 0 Å². The quantitative estimate of drug-likeness (QED) is 0.811. The van der Waals surface area contributed by atoms with Gasteiger partial charge in [-0.25, -0.2) is 4.98 Å². The molecule has 0 unspecified atom stereocenters. The number of ether oxygens (including phenoxy) is 1. The Morgan fingerprint density at radius 3 is 2.47 bits per heavy atom. The zero-order chi connectivity index (χ0) is 14.5. The summed E-state index contributed by atoms with van der Waals surface area (Å²) < 4.78 is 41.3. The molecule has 1 aromatic heterocycles. The van der Waals surface area contributed by atoms with E-state index in [2.05, 4.69) is 15.3 Å². The molecule has 0 radical (unpaired) electrons. The van der Waals surface area contributed by atoms with Crippen LogP contribution in [0.1, 0.15) is 31.2 Å². The molecule has 0 aliphatic heterocycles. The van der Waals surface area contributed by atoms with E-state index < -0.39 is 12.6 Å². The summed E-state index contributed by atoms with van der Waals surface area (Å²) in [5.74, 6) is 1.51. The van der Waals surface area contributed by atoms with E-state index in [1.165, 1.54) is 0 Å². The Morgan fingerprint density at radius 1 is 1.21 bits per heavy atom. The number of hydrogen-bond acceptors (Lipinski definition) is 4. The van der Waals surface area contributed by atoms with Gasteiger partial charge in [0.05, 0.1) is 12.2 Å². The number of anilines is 1. The highest BCUT2D eigenvalue weighted by atomic mass is 19.4. The number of aryl methyl sites for hydroxylation is 1. The van der Waals surface area contributed by atoms with Crippen molar-refractivity contribution < 1.29 is 17.9 Å². The van der Waals surface area contributed by atoms with Gasteiger partial charge in [0.1, 0.15) is 11.6 Å². The smallest absolute Gasteiger partial charge is 0.389 e. The number of rotatable bonds is 6. The molecule has 0 aromatic carbocycles. The molecule has 4 nitrogen and oxygen atoms in total. The molecule has 0 aliphatic carbocycles. The van der Waals surface area contributed by atoms with Crippen molar-refractivity contribution in [3.05, 3.63) is 11.4 Å². The SMILES string of the molecule is CCNc1nc(C)nc(OCCCC(F)(F)F)c1C. The standard InChI is InChI=1S/C12H18F3N3O/c1-4-16-10-8(2)11(18-9(3)17-10)19-7-5-6-12(13,14)15/h4-7H2,1-3H3,(H,16,17,18). The minimum absolute atomic E-state index is 0.0115. The second kappa shape index (κ2) is 6.58. The number of hydrogen-bond donors (Lipinski definition) is 1. The van der Waals surface area contributed by atoms with Crippen LogP contribution < -0.4 is 10.1 Å². The average molecular weight is 277 g/mol. The van der Waals surface area contributed by atoms with E-state index in [0.717, 1.165) is 0 Å². The van der Waals surface area contributed by atoms with Crippen molar-refractivity contribution in [3.63, 3.8) is 0 Å². The van der Waals surface area contributed by atoms with Crippen LogP contribution in [0.2, 0.25) is 0 Å². The molecule has 0 bridgehead atoms. The lowest BCUT2D eigenvalue weighted by molar-refractivity contribution is -0.136. The zero-order valence-corrected chi connectivity index (χ0v) is 11.3. The van der Waals surface area contributed by atoms with Crippen molar-refractivity contribution in [2.75, 3.05) is 18.5 Å². The maximum absolute atomic E-state index is 12.0. The monoisotopic (exact) mass is 277 g/mol. The van der Waals surface area contributed by atoms with Crippen LogP contribution in [-0.4, -0.2) is 29.3 Å². The van der Waals surface area contributed by atoms with Gasteiger partial charge in [-0.05, 0) is 27.2 Å². The van der Waals surface area contributed by atoms with Crippen LogP contribution in [0, 0.1) is 13.8 Å². The van der Waals surface area contributed by atoms with Crippen molar-refractivity contribution in [1.29, 1.82) is 0 Å². The maximum Gasteiger partial charge on any atom is 0.389 e. The summed E-state index contributed by atoms with van der Waals surface area (Å²) >= 11 is 0. The predicted molar refractivity (Wildman–Crippen MR) is 66.5 cm³/mol. The lowest BCUT2D eigenvalue weighted by Gasteiger charge is -2.13. The normalized spacial score (nSPS) is 11.5. The summed E-state index contributed by atoms with van der Waals surface area (Å²) in [4.78, 5) is 8.30. The Labute approximate surface area is 110 Å². The van der Waals surface area contributed by atoms with Crippen molar-refractivity contribution in [1.82, 2.24) is 9.97 Å². The van der Waals surface area contributed by atoms with Gasteiger partial charge in [0.2, 0.25) is 5.88 Å². The third-order valence-electron chi connectivity index (χ3n) is 2.40. The third-order valence-corrected chi connectivity index (χ3v) is 2.40. The van der Waals surface area contributed by atoms with Gasteiger partial charge in [0.15, 0.2) is 0 Å². The lowest BCUT2D eigenvalue weighted by Crippen LogP contribution is -2.12. The van der Waals surface area contributed by atoms with E-state index in [4.69, 9.17) is 4.74 Å². The molecule has 1 N–H and O–H groups in total. The summed E-state index contributed by atoms with van der Waals surface area (Å²) in [6.45, 7) is 6.10. The Morgan fingerprint density at radius 2 is 1.89 bits per heavy atom. The van der Waals surface area contributed by atoms with Gasteiger partial charge >= 0.3 is 6.18 Å². The first kappa shape index (κ1) is 15.5. The van der Waals surface area contributed by atoms with Crippen LogP contribution in [0.4, 0.5) is 19.0 Å². The van der Waals surface area contributed by atoms with Gasteiger partial charge in [-0.15, -0.1) is 0 Å². The van der Waals surface area contributed by atoms with E-state index in [1.54, 1.807) is 13.8 Å². The summed E-state index contributed by atoms with van der Waals surface area (Å²) in [5.41, 5.74) is 0.708. The number of nitrogens with one attached hydrogen (secondary N) is 1. The summed E-state index contributed by atoms with van der Waals surface area (Å²) in [6.07, 6.45) is -5.08. The van der Waals surface area contributed by atoms with Gasteiger partial charge in [0, 0.05) is 13.0 Å². The predicted octanol–water partition coefficient (Wildman–Crippen LogP) is 3.25. The number of halogens is 3. The molecule has 0 spiro atoms. The van der Waals surface area contributed by atoms with Gasteiger partial charge in [-0.3, -0.25) is 0 Å². The van der Waals surface area contributed by atoms with Crippen molar-refractivity contribution >= 4 is 5.82 Å². The molecule has 0 saturated carbocycles. The van der Waals surface area contributed by atoms with Crippen LogP contribution in [-0.2, 0) is 0 Å². The first-order chi connectivity index (χ1) is 8.83. The fourth-order valence-electron chi connectivity index (χ4n) is 1.52. The van der Waals surface area contributed by atoms with Gasteiger partial charge < -0.3 is 10.1 Å². The third kappa shape index (κ3) is 5.32. The molecule has 1 heterocycles. The number of aromatic nitrogens is 2. The van der Waals surface area contributed by atoms with Crippen molar-refractivity contribution in [3.8, 4) is 5.88 Å². The highest BCUT2D eigenvalue weighted by Crippen LogP contribution is 2.24. The topological polar surface area (TPSA) is 47.0 Å². The van der Waals surface area contributed by atoms with Crippen LogP contribution in [0.3, 0.4) is 0 Å². The molecule has 108 valence electrons. The van der Waals surface area contributed by atoms with Crippen LogP contribution in [0.25, 0.3) is 0 Å². The second-order valence-corrected chi connectivity index (χ2v) is 4.15. The minimum Gasteiger partial charge on any atom is -0.477 e. The highest BCUT2D eigenvalue weighted by molar-refractivity contribution is 5.48.